The van der Waals surface area contributed by atoms with Gasteiger partial charge in [0.15, 0.2) is 0 Å². The van der Waals surface area contributed by atoms with E-state index in [4.69, 9.17) is 0 Å². The Bertz CT molecular complexity index is 278. The molecule has 1 atom stereocenters. The van der Waals surface area contributed by atoms with Gasteiger partial charge in [0.2, 0.25) is 0 Å². The fourth-order valence-electron chi connectivity index (χ4n) is 1.94. The minimum absolute atomic E-state index is 0.636. The second-order valence-corrected chi connectivity index (χ2v) is 4.82. The van der Waals surface area contributed by atoms with E-state index in [-0.39, 0.29) is 0 Å². The second kappa shape index (κ2) is 7.50. The number of aromatic nitrogens is 1. The molecule has 0 amide bonds. The maximum Gasteiger partial charge on any atom is 0.0223 e. The van der Waals surface area contributed by atoms with Crippen molar-refractivity contribution >= 4 is 0 Å². The molecule has 0 bridgehead atoms. The third-order valence-corrected chi connectivity index (χ3v) is 3.04. The Morgan fingerprint density at radius 3 is 2.75 bits per heavy atom. The number of nitrogens with zero attached hydrogens (tertiary/aromatic N) is 1. The van der Waals surface area contributed by atoms with Gasteiger partial charge >= 0.3 is 0 Å². The molecule has 1 aromatic heterocycles. The van der Waals surface area contributed by atoms with Crippen LogP contribution in [0.15, 0.2) is 18.5 Å². The van der Waals surface area contributed by atoms with Crippen LogP contribution in [0.2, 0.25) is 0 Å². The zero-order chi connectivity index (χ0) is 11.8. The van der Waals surface area contributed by atoms with Crippen LogP contribution in [0.4, 0.5) is 0 Å². The van der Waals surface area contributed by atoms with Crippen LogP contribution in [0, 0.1) is 0 Å². The number of hydrogen-bond acceptors (Lipinski definition) is 1. The van der Waals surface area contributed by atoms with Crippen molar-refractivity contribution in [2.24, 2.45) is 7.05 Å². The van der Waals surface area contributed by atoms with Crippen LogP contribution in [0.5, 0.6) is 0 Å². The molecule has 1 aromatic rings. The van der Waals surface area contributed by atoms with E-state index in [0.29, 0.717) is 6.04 Å². The van der Waals surface area contributed by atoms with E-state index >= 15 is 0 Å². The van der Waals surface area contributed by atoms with Gasteiger partial charge in [-0.3, -0.25) is 0 Å². The van der Waals surface area contributed by atoms with E-state index in [2.05, 4.69) is 49.2 Å². The first-order valence-electron chi connectivity index (χ1n) is 6.56. The molecule has 92 valence electrons. The summed E-state index contributed by atoms with van der Waals surface area (Å²) in [6.07, 6.45) is 11.0. The average Bonchev–Trinajstić information content (AvgIpc) is 2.68. The van der Waals surface area contributed by atoms with Gasteiger partial charge in [-0.05, 0) is 25.0 Å². The molecule has 0 saturated heterocycles. The van der Waals surface area contributed by atoms with Gasteiger partial charge in [0.1, 0.15) is 0 Å². The summed E-state index contributed by atoms with van der Waals surface area (Å²) in [5.41, 5.74) is 1.38. The maximum atomic E-state index is 3.58. The van der Waals surface area contributed by atoms with Gasteiger partial charge in [-0.15, -0.1) is 0 Å². The highest BCUT2D eigenvalue weighted by molar-refractivity contribution is 5.09. The van der Waals surface area contributed by atoms with Gasteiger partial charge in [0.25, 0.3) is 0 Å². The summed E-state index contributed by atoms with van der Waals surface area (Å²) >= 11 is 0. The van der Waals surface area contributed by atoms with Crippen LogP contribution in [0.1, 0.15) is 51.5 Å². The summed E-state index contributed by atoms with van der Waals surface area (Å²) < 4.78 is 2.10. The highest BCUT2D eigenvalue weighted by atomic mass is 14.9. The summed E-state index contributed by atoms with van der Waals surface area (Å²) in [5.74, 6) is 0. The molecular formula is C14H26N2. The monoisotopic (exact) mass is 222 g/mol. The summed E-state index contributed by atoms with van der Waals surface area (Å²) in [6.45, 7) is 5.54. The molecule has 2 heteroatoms. The molecule has 0 fully saturated rings. The molecule has 16 heavy (non-hydrogen) atoms. The van der Waals surface area contributed by atoms with Crippen molar-refractivity contribution in [3.63, 3.8) is 0 Å². The van der Waals surface area contributed by atoms with Crippen molar-refractivity contribution in [3.8, 4) is 0 Å². The third kappa shape index (κ3) is 5.36. The normalized spacial score (nSPS) is 12.9. The van der Waals surface area contributed by atoms with E-state index in [9.17, 15) is 0 Å². The first-order chi connectivity index (χ1) is 7.72. The van der Waals surface area contributed by atoms with Crippen LogP contribution >= 0.6 is 0 Å². The zero-order valence-corrected chi connectivity index (χ0v) is 11.0. The minimum Gasteiger partial charge on any atom is -0.357 e. The van der Waals surface area contributed by atoms with Gasteiger partial charge in [0, 0.05) is 32.0 Å². The largest absolute Gasteiger partial charge is 0.357 e. The number of nitrogens with one attached hydrogen (secondary N) is 1. The molecule has 0 aliphatic carbocycles. The number of rotatable bonds is 8. The number of unbranched alkanes of at least 4 members (excludes halogenated alkanes) is 3. The molecule has 0 radical (unpaired) electrons. The minimum atomic E-state index is 0.636. The van der Waals surface area contributed by atoms with Crippen LogP contribution in [-0.4, -0.2) is 10.6 Å². The summed E-state index contributed by atoms with van der Waals surface area (Å²) in [4.78, 5) is 0. The molecule has 0 aliphatic rings. The fraction of sp³-hybridized carbons (Fsp3) is 0.714. The number of hydrogen-bond donors (Lipinski definition) is 1. The SMILES string of the molecule is CCCCCCC(C)NCc1ccn(C)c1. The van der Waals surface area contributed by atoms with Crippen molar-refractivity contribution in [1.29, 1.82) is 0 Å². The van der Waals surface area contributed by atoms with Gasteiger partial charge in [-0.1, -0.05) is 32.6 Å². The van der Waals surface area contributed by atoms with E-state index in [0.717, 1.165) is 6.54 Å². The van der Waals surface area contributed by atoms with Crippen LogP contribution in [-0.2, 0) is 13.6 Å². The summed E-state index contributed by atoms with van der Waals surface area (Å²) in [5, 5.41) is 3.58. The van der Waals surface area contributed by atoms with E-state index < -0.39 is 0 Å². The smallest absolute Gasteiger partial charge is 0.0223 e. The van der Waals surface area contributed by atoms with Gasteiger partial charge in [-0.2, -0.15) is 0 Å². The lowest BCUT2D eigenvalue weighted by molar-refractivity contribution is 0.482. The highest BCUT2D eigenvalue weighted by Gasteiger charge is 2.01. The molecule has 1 N–H and O–H groups in total. The topological polar surface area (TPSA) is 17.0 Å². The molecule has 1 unspecified atom stereocenters. The average molecular weight is 222 g/mol. The van der Waals surface area contributed by atoms with Crippen LogP contribution in [0.3, 0.4) is 0 Å². The lowest BCUT2D eigenvalue weighted by atomic mass is 10.1. The van der Waals surface area contributed by atoms with E-state index in [1.807, 2.05) is 0 Å². The van der Waals surface area contributed by atoms with E-state index in [1.165, 1.54) is 37.7 Å². The molecule has 1 rings (SSSR count). The Hall–Kier alpha value is -0.760. The standard InChI is InChI=1S/C14H26N2/c1-4-5-6-7-8-13(2)15-11-14-9-10-16(3)12-14/h9-10,12-13,15H,4-8,11H2,1-3H3. The van der Waals surface area contributed by atoms with Crippen molar-refractivity contribution in [1.82, 2.24) is 9.88 Å². The Labute approximate surface area is 100 Å². The van der Waals surface area contributed by atoms with Gasteiger partial charge < -0.3 is 9.88 Å². The van der Waals surface area contributed by atoms with Crippen molar-refractivity contribution < 1.29 is 0 Å². The van der Waals surface area contributed by atoms with Crippen LogP contribution in [0.25, 0.3) is 0 Å². The summed E-state index contributed by atoms with van der Waals surface area (Å²) in [7, 11) is 2.07. The Kier molecular flexibility index (Phi) is 6.24. The third-order valence-electron chi connectivity index (χ3n) is 3.04. The van der Waals surface area contributed by atoms with Crippen molar-refractivity contribution in [2.45, 2.75) is 58.5 Å². The molecule has 0 aliphatic heterocycles. The Morgan fingerprint density at radius 1 is 1.31 bits per heavy atom. The second-order valence-electron chi connectivity index (χ2n) is 4.82. The molecule has 0 spiro atoms. The molecule has 0 aromatic carbocycles. The van der Waals surface area contributed by atoms with Gasteiger partial charge in [-0.25, -0.2) is 0 Å². The quantitative estimate of drug-likeness (QED) is 0.666. The molecule has 0 saturated carbocycles. The zero-order valence-electron chi connectivity index (χ0n) is 11.0. The first kappa shape index (κ1) is 13.3. The van der Waals surface area contributed by atoms with Crippen molar-refractivity contribution in [3.05, 3.63) is 24.0 Å². The van der Waals surface area contributed by atoms with Gasteiger partial charge in [0.05, 0.1) is 0 Å². The Balaban J connectivity index is 2.08. The highest BCUT2D eigenvalue weighted by Crippen LogP contribution is 2.06. The van der Waals surface area contributed by atoms with Crippen LogP contribution < -0.4 is 5.32 Å². The molecule has 1 heterocycles. The predicted octanol–water partition coefficient (Wildman–Crippen LogP) is 3.47. The molecule has 2 nitrogen and oxygen atoms in total. The fourth-order valence-corrected chi connectivity index (χ4v) is 1.94. The predicted molar refractivity (Wildman–Crippen MR) is 70.5 cm³/mol. The molecular weight excluding hydrogens is 196 g/mol. The number of aryl methyl sites for hydroxylation is 1. The maximum absolute atomic E-state index is 3.58. The van der Waals surface area contributed by atoms with E-state index in [1.54, 1.807) is 0 Å². The summed E-state index contributed by atoms with van der Waals surface area (Å²) in [6, 6.07) is 2.81. The first-order valence-corrected chi connectivity index (χ1v) is 6.56. The van der Waals surface area contributed by atoms with Crippen molar-refractivity contribution in [2.75, 3.05) is 0 Å². The Morgan fingerprint density at radius 2 is 2.12 bits per heavy atom. The lowest BCUT2D eigenvalue weighted by Crippen LogP contribution is -2.25. The lowest BCUT2D eigenvalue weighted by Gasteiger charge is -2.12.